The molecule has 2 aromatic rings. The molecule has 0 atom stereocenters. The fraction of sp³-hybridized carbons (Fsp3) is 0.294. The van der Waals surface area contributed by atoms with Gasteiger partial charge in [0.15, 0.2) is 6.54 Å². The Bertz CT molecular complexity index is 767. The van der Waals surface area contributed by atoms with Gasteiger partial charge in [-0.05, 0) is 37.3 Å². The van der Waals surface area contributed by atoms with Gasteiger partial charge in [0, 0.05) is 5.69 Å². The third kappa shape index (κ3) is 5.01. The molecule has 1 aromatic heterocycles. The number of ether oxygens (including phenoxy) is 1. The first-order valence-electron chi connectivity index (χ1n) is 7.72. The molecular formula is C17H18ClF3N3O2+. The summed E-state index contributed by atoms with van der Waals surface area (Å²) in [5, 5.41) is 2.60. The zero-order valence-electron chi connectivity index (χ0n) is 14.2. The average Bonchev–Trinajstić information content (AvgIpc) is 2.59. The van der Waals surface area contributed by atoms with E-state index in [0.29, 0.717) is 18.0 Å². The molecule has 0 unspecified atom stereocenters. The van der Waals surface area contributed by atoms with Crippen LogP contribution in [0, 0.1) is 0 Å². The van der Waals surface area contributed by atoms with Crippen LogP contribution in [0.15, 0.2) is 36.5 Å². The number of anilines is 2. The van der Waals surface area contributed by atoms with Crippen LogP contribution in [0.3, 0.4) is 0 Å². The van der Waals surface area contributed by atoms with E-state index < -0.39 is 11.7 Å². The second-order valence-electron chi connectivity index (χ2n) is 5.37. The van der Waals surface area contributed by atoms with E-state index in [9.17, 15) is 18.0 Å². The molecule has 0 aliphatic carbocycles. The van der Waals surface area contributed by atoms with Crippen LogP contribution in [0.1, 0.15) is 12.5 Å². The summed E-state index contributed by atoms with van der Waals surface area (Å²) in [7, 11) is 1.54. The van der Waals surface area contributed by atoms with Gasteiger partial charge in [-0.3, -0.25) is 9.69 Å². The number of rotatable bonds is 6. The van der Waals surface area contributed by atoms with Crippen LogP contribution in [0.2, 0.25) is 5.02 Å². The van der Waals surface area contributed by atoms with E-state index in [1.165, 1.54) is 7.11 Å². The summed E-state index contributed by atoms with van der Waals surface area (Å²) >= 11 is 5.97. The number of amides is 1. The molecule has 2 rings (SSSR count). The van der Waals surface area contributed by atoms with Crippen LogP contribution in [-0.2, 0) is 11.0 Å². The van der Waals surface area contributed by atoms with Gasteiger partial charge in [0.25, 0.3) is 11.7 Å². The van der Waals surface area contributed by atoms with Crippen LogP contribution in [0.4, 0.5) is 24.7 Å². The normalized spacial score (nSPS) is 11.2. The molecule has 26 heavy (non-hydrogen) atoms. The van der Waals surface area contributed by atoms with Crippen molar-refractivity contribution in [1.29, 1.82) is 0 Å². The van der Waals surface area contributed by atoms with Crippen LogP contribution in [-0.4, -0.2) is 26.1 Å². The number of H-pyrrole nitrogens is 1. The molecule has 0 radical (unpaired) electrons. The molecule has 140 valence electrons. The Hall–Kier alpha value is -2.48. The molecule has 0 fully saturated rings. The lowest BCUT2D eigenvalue weighted by molar-refractivity contribution is -0.367. The molecule has 9 heteroatoms. The molecule has 0 saturated heterocycles. The van der Waals surface area contributed by atoms with Gasteiger partial charge in [-0.1, -0.05) is 11.6 Å². The minimum Gasteiger partial charge on any atom is -0.497 e. The summed E-state index contributed by atoms with van der Waals surface area (Å²) < 4.78 is 43.2. The van der Waals surface area contributed by atoms with Crippen LogP contribution >= 0.6 is 11.6 Å². The van der Waals surface area contributed by atoms with E-state index in [1.807, 2.05) is 0 Å². The molecule has 0 bridgehead atoms. The van der Waals surface area contributed by atoms with E-state index in [4.69, 9.17) is 16.3 Å². The van der Waals surface area contributed by atoms with Gasteiger partial charge < -0.3 is 10.1 Å². The average molecular weight is 389 g/mol. The van der Waals surface area contributed by atoms with Crippen molar-refractivity contribution < 1.29 is 27.7 Å². The van der Waals surface area contributed by atoms with Gasteiger partial charge >= 0.3 is 6.18 Å². The van der Waals surface area contributed by atoms with Crippen molar-refractivity contribution in [3.63, 3.8) is 0 Å². The number of hydrogen-bond acceptors (Lipinski definition) is 3. The van der Waals surface area contributed by atoms with Gasteiger partial charge in [-0.15, -0.1) is 0 Å². The third-order valence-corrected chi connectivity index (χ3v) is 3.89. The highest BCUT2D eigenvalue weighted by Gasteiger charge is 2.33. The highest BCUT2D eigenvalue weighted by Crippen LogP contribution is 2.32. The molecule has 0 aliphatic rings. The lowest BCUT2D eigenvalue weighted by Gasteiger charge is -2.16. The molecule has 0 aliphatic heterocycles. The number of carbonyl (C=O) groups is 1. The zero-order valence-corrected chi connectivity index (χ0v) is 14.9. The van der Waals surface area contributed by atoms with E-state index in [0.717, 1.165) is 12.3 Å². The van der Waals surface area contributed by atoms with Crippen molar-refractivity contribution in [3.05, 3.63) is 47.1 Å². The summed E-state index contributed by atoms with van der Waals surface area (Å²) in [6.45, 7) is 2.06. The first kappa shape index (κ1) is 19.8. The number of halogens is 4. The quantitative estimate of drug-likeness (QED) is 0.821. The number of nitrogens with zero attached hydrogens (tertiary/aromatic N) is 1. The standard InChI is InChI=1S/C17H17ClF3N3O2/c1-3-24(16-14(18)8-11(9-22-16)17(19,20)21)10-15(25)23-12-4-6-13(26-2)7-5-12/h4-9H,3,10H2,1-2H3,(H,23,25)/p+1. The van der Waals surface area contributed by atoms with Crippen molar-refractivity contribution in [1.82, 2.24) is 0 Å². The van der Waals surface area contributed by atoms with Crippen molar-refractivity contribution in [2.75, 3.05) is 30.4 Å². The molecule has 1 aromatic carbocycles. The van der Waals surface area contributed by atoms with Crippen molar-refractivity contribution in [3.8, 4) is 5.75 Å². The second kappa shape index (κ2) is 8.27. The Morgan fingerprint density at radius 2 is 1.96 bits per heavy atom. The maximum absolute atomic E-state index is 12.7. The number of alkyl halides is 3. The van der Waals surface area contributed by atoms with E-state index >= 15 is 0 Å². The summed E-state index contributed by atoms with van der Waals surface area (Å²) in [6, 6.07) is 7.60. The fourth-order valence-corrected chi connectivity index (χ4v) is 2.56. The minimum atomic E-state index is -4.50. The first-order valence-corrected chi connectivity index (χ1v) is 8.09. The Labute approximate surface area is 153 Å². The number of pyridine rings is 1. The molecule has 0 saturated carbocycles. The highest BCUT2D eigenvalue weighted by molar-refractivity contribution is 6.32. The summed E-state index contributed by atoms with van der Waals surface area (Å²) in [4.78, 5) is 16.3. The zero-order chi connectivity index (χ0) is 19.3. The molecular weight excluding hydrogens is 371 g/mol. The fourth-order valence-electron chi connectivity index (χ4n) is 2.26. The number of nitrogens with one attached hydrogen (secondary N) is 2. The summed E-state index contributed by atoms with van der Waals surface area (Å²) in [5.74, 6) is 0.567. The number of aromatic amines is 1. The topological polar surface area (TPSA) is 55.7 Å². The summed E-state index contributed by atoms with van der Waals surface area (Å²) in [5.41, 5.74) is -0.306. The van der Waals surface area contributed by atoms with Gasteiger partial charge in [-0.25, -0.2) is 4.98 Å². The predicted molar refractivity (Wildman–Crippen MR) is 92.5 cm³/mol. The first-order chi connectivity index (χ1) is 12.2. The molecule has 0 spiro atoms. The van der Waals surface area contributed by atoms with Crippen molar-refractivity contribution in [2.24, 2.45) is 0 Å². The number of carbonyl (C=O) groups excluding carboxylic acids is 1. The van der Waals surface area contributed by atoms with Crippen LogP contribution in [0.25, 0.3) is 0 Å². The SMILES string of the molecule is CCN(CC(=O)Nc1ccc(OC)cc1)c1[nH+]cc(C(F)(F)F)cc1Cl. The number of hydrogen-bond donors (Lipinski definition) is 1. The predicted octanol–water partition coefficient (Wildman–Crippen LogP) is 3.65. The lowest BCUT2D eigenvalue weighted by Crippen LogP contribution is -2.37. The molecule has 2 N–H and O–H groups in total. The van der Waals surface area contributed by atoms with E-state index in [2.05, 4.69) is 10.3 Å². The van der Waals surface area contributed by atoms with Gasteiger partial charge in [0.1, 0.15) is 17.0 Å². The Morgan fingerprint density at radius 1 is 1.31 bits per heavy atom. The number of aromatic nitrogens is 1. The number of likely N-dealkylation sites (N-methyl/N-ethyl adjacent to an activating group) is 1. The maximum Gasteiger partial charge on any atom is 0.419 e. The molecule has 1 heterocycles. The number of benzene rings is 1. The minimum absolute atomic E-state index is 0.0793. The highest BCUT2D eigenvalue weighted by atomic mass is 35.5. The number of methoxy groups -OCH3 is 1. The molecule has 5 nitrogen and oxygen atoms in total. The Balaban J connectivity index is 2.09. The van der Waals surface area contributed by atoms with Gasteiger partial charge in [0.2, 0.25) is 0 Å². The third-order valence-electron chi connectivity index (χ3n) is 3.61. The summed E-state index contributed by atoms with van der Waals surface area (Å²) in [6.07, 6.45) is -3.67. The van der Waals surface area contributed by atoms with Crippen molar-refractivity contribution in [2.45, 2.75) is 13.1 Å². The Kier molecular flexibility index (Phi) is 6.31. The second-order valence-corrected chi connectivity index (χ2v) is 5.78. The Morgan fingerprint density at radius 3 is 2.46 bits per heavy atom. The van der Waals surface area contributed by atoms with Gasteiger partial charge in [0.05, 0.1) is 19.2 Å². The van der Waals surface area contributed by atoms with E-state index in [1.54, 1.807) is 36.1 Å². The largest absolute Gasteiger partial charge is 0.497 e. The van der Waals surface area contributed by atoms with Crippen molar-refractivity contribution >= 4 is 29.0 Å². The molecule has 1 amide bonds. The lowest BCUT2D eigenvalue weighted by atomic mass is 10.2. The van der Waals surface area contributed by atoms with E-state index in [-0.39, 0.29) is 23.3 Å². The van der Waals surface area contributed by atoms with Crippen LogP contribution < -0.4 is 19.9 Å². The van der Waals surface area contributed by atoms with Crippen LogP contribution in [0.5, 0.6) is 5.75 Å². The van der Waals surface area contributed by atoms with Gasteiger partial charge in [-0.2, -0.15) is 13.2 Å². The monoisotopic (exact) mass is 388 g/mol. The maximum atomic E-state index is 12.7. The smallest absolute Gasteiger partial charge is 0.419 e.